The normalized spacial score (nSPS) is 11.7. The number of nitrogens with one attached hydrogen (secondary N) is 1. The Morgan fingerprint density at radius 2 is 1.63 bits per heavy atom. The predicted molar refractivity (Wildman–Crippen MR) is 106 cm³/mol. The third-order valence-electron chi connectivity index (χ3n) is 4.82. The van der Waals surface area contributed by atoms with Gasteiger partial charge in [-0.25, -0.2) is 13.1 Å². The van der Waals surface area contributed by atoms with Crippen LogP contribution in [0.2, 0.25) is 0 Å². The summed E-state index contributed by atoms with van der Waals surface area (Å²) in [7, 11) is -3.58. The van der Waals surface area contributed by atoms with Crippen LogP contribution in [0.15, 0.2) is 47.8 Å². The molecule has 2 heterocycles. The van der Waals surface area contributed by atoms with Crippen LogP contribution >= 0.6 is 0 Å². The monoisotopic (exact) mass is 384 g/mol. The second-order valence-electron chi connectivity index (χ2n) is 6.69. The van der Waals surface area contributed by atoms with E-state index in [9.17, 15) is 8.42 Å². The van der Waals surface area contributed by atoms with E-state index in [1.54, 1.807) is 17.1 Å². The molecule has 1 N–H and O–H groups in total. The molecule has 0 spiro atoms. The highest BCUT2D eigenvalue weighted by Crippen LogP contribution is 2.25. The minimum absolute atomic E-state index is 0.270. The van der Waals surface area contributed by atoms with Crippen molar-refractivity contribution in [2.24, 2.45) is 0 Å². The molecule has 0 atom stereocenters. The minimum Gasteiger partial charge on any atom is -0.271 e. The van der Waals surface area contributed by atoms with E-state index in [0.29, 0.717) is 11.4 Å². The second kappa shape index (κ2) is 7.62. The van der Waals surface area contributed by atoms with Crippen molar-refractivity contribution < 1.29 is 8.42 Å². The molecule has 0 bridgehead atoms. The van der Waals surface area contributed by atoms with E-state index in [2.05, 4.69) is 14.8 Å². The Bertz CT molecular complexity index is 1030. The lowest BCUT2D eigenvalue weighted by atomic mass is 10.0. The third-order valence-corrected chi connectivity index (χ3v) is 6.55. The molecule has 0 fully saturated rings. The number of aromatic nitrogens is 3. The highest BCUT2D eigenvalue weighted by molar-refractivity contribution is 7.89. The maximum Gasteiger partial charge on any atom is 0.241 e. The largest absolute Gasteiger partial charge is 0.271 e. The number of hydrogen-bond acceptors (Lipinski definition) is 4. The van der Waals surface area contributed by atoms with Gasteiger partial charge in [0.1, 0.15) is 0 Å². The fourth-order valence-corrected chi connectivity index (χ4v) is 4.75. The fourth-order valence-electron chi connectivity index (χ4n) is 3.11. The molecule has 6 nitrogen and oxygen atoms in total. The van der Waals surface area contributed by atoms with E-state index in [-0.39, 0.29) is 6.54 Å². The zero-order valence-electron chi connectivity index (χ0n) is 16.0. The molecule has 0 aliphatic rings. The Labute approximate surface area is 160 Å². The highest BCUT2D eigenvalue weighted by atomic mass is 32.2. The van der Waals surface area contributed by atoms with Gasteiger partial charge in [-0.15, -0.1) is 0 Å². The Hall–Kier alpha value is -2.51. The van der Waals surface area contributed by atoms with Crippen LogP contribution in [-0.2, 0) is 16.6 Å². The van der Waals surface area contributed by atoms with Crippen LogP contribution in [0.25, 0.3) is 11.3 Å². The molecule has 0 aliphatic carbocycles. The fraction of sp³-hybridized carbons (Fsp3) is 0.300. The van der Waals surface area contributed by atoms with Gasteiger partial charge in [0.15, 0.2) is 0 Å². The van der Waals surface area contributed by atoms with Gasteiger partial charge in [0.05, 0.1) is 17.1 Å². The van der Waals surface area contributed by atoms with Crippen LogP contribution in [-0.4, -0.2) is 29.7 Å². The summed E-state index contributed by atoms with van der Waals surface area (Å²) in [5.74, 6) is 0. The molecule has 0 aliphatic heterocycles. The molecular weight excluding hydrogens is 360 g/mol. The van der Waals surface area contributed by atoms with Crippen LogP contribution < -0.4 is 4.72 Å². The van der Waals surface area contributed by atoms with Crippen LogP contribution in [0.4, 0.5) is 0 Å². The van der Waals surface area contributed by atoms with E-state index >= 15 is 0 Å². The van der Waals surface area contributed by atoms with Crippen molar-refractivity contribution in [1.82, 2.24) is 19.5 Å². The molecule has 7 heteroatoms. The lowest BCUT2D eigenvalue weighted by molar-refractivity contribution is 0.560. The summed E-state index contributed by atoms with van der Waals surface area (Å²) in [5, 5.41) is 4.49. The Morgan fingerprint density at radius 1 is 1.00 bits per heavy atom. The molecule has 27 heavy (non-hydrogen) atoms. The number of benzene rings is 1. The molecule has 3 aromatic rings. The van der Waals surface area contributed by atoms with Crippen LogP contribution in [0, 0.1) is 27.7 Å². The Kier molecular flexibility index (Phi) is 5.43. The van der Waals surface area contributed by atoms with E-state index in [1.807, 2.05) is 58.2 Å². The molecule has 0 radical (unpaired) electrons. The van der Waals surface area contributed by atoms with Crippen LogP contribution in [0.5, 0.6) is 0 Å². The van der Waals surface area contributed by atoms with Crippen LogP contribution in [0.1, 0.15) is 22.3 Å². The maximum atomic E-state index is 12.8. The topological polar surface area (TPSA) is 76.9 Å². The SMILES string of the molecule is Cc1cc(C)c(C)c(S(=O)(=O)NCCn2ccc(-c3ccncc3)n2)c1C. The summed E-state index contributed by atoms with van der Waals surface area (Å²) in [4.78, 5) is 4.39. The first kappa shape index (κ1) is 19.3. The summed E-state index contributed by atoms with van der Waals surface area (Å²) in [6.45, 7) is 8.30. The standard InChI is InChI=1S/C20H24N4O2S/c1-14-13-15(2)17(4)20(16(14)3)27(25,26)22-10-12-24-11-7-19(23-24)18-5-8-21-9-6-18/h5-9,11,13,22H,10,12H2,1-4H3. The number of sulfonamides is 1. The van der Waals surface area contributed by atoms with Crippen molar-refractivity contribution >= 4 is 10.0 Å². The van der Waals surface area contributed by atoms with Gasteiger partial charge in [-0.05, 0) is 68.1 Å². The van der Waals surface area contributed by atoms with Gasteiger partial charge >= 0.3 is 0 Å². The van der Waals surface area contributed by atoms with Gasteiger partial charge in [-0.2, -0.15) is 5.10 Å². The van der Waals surface area contributed by atoms with Crippen molar-refractivity contribution in [3.05, 3.63) is 65.1 Å². The first-order valence-electron chi connectivity index (χ1n) is 8.80. The average Bonchev–Trinajstić information content (AvgIpc) is 3.09. The summed E-state index contributed by atoms with van der Waals surface area (Å²) >= 11 is 0. The van der Waals surface area contributed by atoms with Gasteiger partial charge in [0.25, 0.3) is 0 Å². The lowest BCUT2D eigenvalue weighted by Gasteiger charge is -2.16. The van der Waals surface area contributed by atoms with Gasteiger partial charge in [0, 0.05) is 30.7 Å². The molecular formula is C20H24N4O2S. The number of rotatable bonds is 6. The van der Waals surface area contributed by atoms with E-state index in [1.165, 1.54) is 0 Å². The number of pyridine rings is 1. The van der Waals surface area contributed by atoms with Gasteiger partial charge in [-0.1, -0.05) is 6.07 Å². The van der Waals surface area contributed by atoms with Gasteiger partial charge < -0.3 is 0 Å². The van der Waals surface area contributed by atoms with Gasteiger partial charge in [-0.3, -0.25) is 9.67 Å². The molecule has 2 aromatic heterocycles. The number of hydrogen-bond donors (Lipinski definition) is 1. The van der Waals surface area contributed by atoms with E-state index in [4.69, 9.17) is 0 Å². The van der Waals surface area contributed by atoms with Crippen molar-refractivity contribution in [3.8, 4) is 11.3 Å². The number of nitrogens with zero attached hydrogens (tertiary/aromatic N) is 3. The summed E-state index contributed by atoms with van der Waals surface area (Å²) in [6.07, 6.45) is 5.28. The molecule has 3 rings (SSSR count). The Balaban J connectivity index is 1.72. The molecule has 0 unspecified atom stereocenters. The minimum atomic E-state index is -3.58. The van der Waals surface area contributed by atoms with E-state index < -0.39 is 10.0 Å². The molecule has 142 valence electrons. The van der Waals surface area contributed by atoms with Crippen LogP contribution in [0.3, 0.4) is 0 Å². The first-order valence-corrected chi connectivity index (χ1v) is 10.3. The van der Waals surface area contributed by atoms with Gasteiger partial charge in [0.2, 0.25) is 10.0 Å². The third kappa shape index (κ3) is 4.09. The van der Waals surface area contributed by atoms with Crippen molar-refractivity contribution in [2.45, 2.75) is 39.1 Å². The highest BCUT2D eigenvalue weighted by Gasteiger charge is 2.21. The van der Waals surface area contributed by atoms with E-state index in [0.717, 1.165) is 33.5 Å². The first-order chi connectivity index (χ1) is 12.8. The van der Waals surface area contributed by atoms with Crippen molar-refractivity contribution in [3.63, 3.8) is 0 Å². The molecule has 1 aromatic carbocycles. The smallest absolute Gasteiger partial charge is 0.241 e. The lowest BCUT2D eigenvalue weighted by Crippen LogP contribution is -2.29. The van der Waals surface area contributed by atoms with Crippen molar-refractivity contribution in [2.75, 3.05) is 6.54 Å². The quantitative estimate of drug-likeness (QED) is 0.708. The second-order valence-corrected chi connectivity index (χ2v) is 8.39. The zero-order chi connectivity index (χ0) is 19.6. The summed E-state index contributed by atoms with van der Waals surface area (Å²) in [6, 6.07) is 7.71. The Morgan fingerprint density at radius 3 is 2.26 bits per heavy atom. The summed E-state index contributed by atoms with van der Waals surface area (Å²) < 4.78 is 30.1. The molecule has 0 amide bonds. The summed E-state index contributed by atoms with van der Waals surface area (Å²) in [5.41, 5.74) is 5.36. The van der Waals surface area contributed by atoms with Crippen molar-refractivity contribution in [1.29, 1.82) is 0 Å². The average molecular weight is 385 g/mol. The molecule has 0 saturated heterocycles. The predicted octanol–water partition coefficient (Wildman–Crippen LogP) is 3.16. The maximum absolute atomic E-state index is 12.8. The molecule has 0 saturated carbocycles. The zero-order valence-corrected chi connectivity index (χ0v) is 16.8. The number of aryl methyl sites for hydroxylation is 2.